The molecule has 0 aliphatic heterocycles. The van der Waals surface area contributed by atoms with Crippen LogP contribution in [0.15, 0.2) is 63.3 Å². The number of hydrogen-bond acceptors (Lipinski definition) is 5. The van der Waals surface area contributed by atoms with Crippen LogP contribution in [0.4, 0.5) is 0 Å². The van der Waals surface area contributed by atoms with Crippen LogP contribution < -0.4 is 10.4 Å². The molecule has 3 saturated carbocycles. The third kappa shape index (κ3) is 6.36. The van der Waals surface area contributed by atoms with Gasteiger partial charge in [-0.25, -0.2) is 9.59 Å². The number of fused-ring (bicyclic) bond motifs is 8. The van der Waals surface area contributed by atoms with Gasteiger partial charge in [-0.2, -0.15) is 0 Å². The lowest BCUT2D eigenvalue weighted by molar-refractivity contribution is -0.154. The SMILES string of the molecule is CC(C)CCC[C@H](C)[C@@H]1CC[C@@H]2[C@@H]3CC=C4C[C@H](OC(=O)COc5ccc6c(c5)oc(=O)c5ccccc56)CC[C@]4(C)[C@@H]3CC[C@]2(C)C1. The highest BCUT2D eigenvalue weighted by atomic mass is 16.6. The number of esters is 1. The zero-order valence-electron chi connectivity index (χ0n) is 29.9. The topological polar surface area (TPSA) is 65.7 Å². The highest BCUT2D eigenvalue weighted by Crippen LogP contribution is 2.65. The smallest absolute Gasteiger partial charge is 0.344 e. The summed E-state index contributed by atoms with van der Waals surface area (Å²) in [5.74, 6) is 5.10. The van der Waals surface area contributed by atoms with Crippen molar-refractivity contribution >= 4 is 27.7 Å². The fourth-order valence-corrected chi connectivity index (χ4v) is 10.9. The van der Waals surface area contributed by atoms with Gasteiger partial charge >= 0.3 is 11.6 Å². The van der Waals surface area contributed by atoms with E-state index in [0.717, 1.165) is 65.5 Å². The molecule has 5 nitrogen and oxygen atoms in total. The number of allylic oxidation sites excluding steroid dienone is 1. The summed E-state index contributed by atoms with van der Waals surface area (Å²) < 4.78 is 17.4. The van der Waals surface area contributed by atoms with E-state index < -0.39 is 0 Å². The van der Waals surface area contributed by atoms with E-state index in [1.807, 2.05) is 30.3 Å². The monoisotopic (exact) mass is 652 g/mol. The van der Waals surface area contributed by atoms with Crippen LogP contribution in [-0.4, -0.2) is 18.7 Å². The van der Waals surface area contributed by atoms with Crippen LogP contribution in [0.1, 0.15) is 112 Å². The van der Waals surface area contributed by atoms with Crippen LogP contribution in [0.25, 0.3) is 21.7 Å². The first-order valence-corrected chi connectivity index (χ1v) is 19.0. The number of rotatable bonds is 9. The molecule has 0 unspecified atom stereocenters. The van der Waals surface area contributed by atoms with Crippen molar-refractivity contribution < 1.29 is 18.7 Å². The first-order valence-electron chi connectivity index (χ1n) is 19.0. The molecule has 3 fully saturated rings. The Balaban J connectivity index is 0.947. The molecule has 3 aromatic rings. The molecule has 48 heavy (non-hydrogen) atoms. The molecule has 0 radical (unpaired) electrons. The van der Waals surface area contributed by atoms with Gasteiger partial charge in [0.15, 0.2) is 6.61 Å². The molecule has 7 rings (SSSR count). The third-order valence-electron chi connectivity index (χ3n) is 13.6. The van der Waals surface area contributed by atoms with Gasteiger partial charge in [-0.15, -0.1) is 0 Å². The first-order chi connectivity index (χ1) is 23.0. The van der Waals surface area contributed by atoms with E-state index in [1.54, 1.807) is 12.1 Å². The van der Waals surface area contributed by atoms with Crippen molar-refractivity contribution in [2.75, 3.05) is 6.61 Å². The molecular weight excluding hydrogens is 596 g/mol. The van der Waals surface area contributed by atoms with Crippen molar-refractivity contribution in [2.45, 2.75) is 118 Å². The largest absolute Gasteiger partial charge is 0.482 e. The van der Waals surface area contributed by atoms with E-state index in [1.165, 1.54) is 63.4 Å². The molecule has 0 bridgehead atoms. The summed E-state index contributed by atoms with van der Waals surface area (Å²) in [6, 6.07) is 12.8. The van der Waals surface area contributed by atoms with Gasteiger partial charge in [0.05, 0.1) is 5.39 Å². The zero-order valence-corrected chi connectivity index (χ0v) is 29.9. The summed E-state index contributed by atoms with van der Waals surface area (Å²) >= 11 is 0. The highest BCUT2D eigenvalue weighted by molar-refractivity contribution is 6.04. The first kappa shape index (κ1) is 33.4. The Bertz CT molecular complexity index is 1730. The lowest BCUT2D eigenvalue weighted by Gasteiger charge is -2.61. The number of carbonyl (C=O) groups is 1. The van der Waals surface area contributed by atoms with Gasteiger partial charge < -0.3 is 13.9 Å². The van der Waals surface area contributed by atoms with Crippen molar-refractivity contribution in [1.82, 2.24) is 0 Å². The predicted octanol–water partition coefficient (Wildman–Crippen LogP) is 10.7. The van der Waals surface area contributed by atoms with Crippen molar-refractivity contribution in [3.05, 3.63) is 64.5 Å². The molecule has 0 amide bonds. The van der Waals surface area contributed by atoms with E-state index in [-0.39, 0.29) is 29.7 Å². The molecule has 4 aliphatic carbocycles. The summed E-state index contributed by atoms with van der Waals surface area (Å²) in [4.78, 5) is 25.4. The third-order valence-corrected chi connectivity index (χ3v) is 13.6. The molecule has 2 aromatic carbocycles. The van der Waals surface area contributed by atoms with E-state index in [0.29, 0.717) is 22.1 Å². The molecule has 5 heteroatoms. The van der Waals surface area contributed by atoms with Crippen LogP contribution in [0.3, 0.4) is 0 Å². The average molecular weight is 653 g/mol. The normalized spacial score (nSPS) is 32.2. The minimum Gasteiger partial charge on any atom is -0.482 e. The fourth-order valence-electron chi connectivity index (χ4n) is 10.9. The molecular formula is C43H56O5. The minimum atomic E-state index is -0.380. The lowest BCUT2D eigenvalue weighted by Crippen LogP contribution is -2.52. The maximum Gasteiger partial charge on any atom is 0.344 e. The summed E-state index contributed by atoms with van der Waals surface area (Å²) in [6.07, 6.45) is 17.7. The Kier molecular flexibility index (Phi) is 9.28. The number of carbonyl (C=O) groups excluding carboxylic acids is 1. The Morgan fingerprint density at radius 1 is 0.938 bits per heavy atom. The van der Waals surface area contributed by atoms with Gasteiger partial charge in [-0.3, -0.25) is 0 Å². The zero-order chi connectivity index (χ0) is 33.6. The van der Waals surface area contributed by atoms with Crippen LogP contribution in [0.2, 0.25) is 0 Å². The molecule has 1 heterocycles. The van der Waals surface area contributed by atoms with Gasteiger partial charge in [-0.05, 0) is 121 Å². The van der Waals surface area contributed by atoms with Crippen LogP contribution >= 0.6 is 0 Å². The summed E-state index contributed by atoms with van der Waals surface area (Å²) in [5, 5.41) is 2.23. The van der Waals surface area contributed by atoms with Crippen molar-refractivity contribution in [1.29, 1.82) is 0 Å². The molecule has 0 spiro atoms. The second kappa shape index (κ2) is 13.3. The maximum absolute atomic E-state index is 13.0. The van der Waals surface area contributed by atoms with E-state index in [9.17, 15) is 9.59 Å². The number of ether oxygens (including phenoxy) is 2. The Labute approximate surface area is 286 Å². The Hall–Kier alpha value is -3.08. The standard InChI is InChI=1S/C43H56O5/c1-27(2)9-8-10-28(3)29-13-18-37-36-16-14-30-23-32(19-22-43(30,5)38(36)20-21-42(37,4)25-29)47-40(44)26-46-31-15-17-34-33-11-6-7-12-35(33)41(45)48-39(34)24-31/h6-7,11-12,14-15,17,24,27-29,32,36-38H,8-10,13,16,18-23,25-26H2,1-5H3/t28-,29+,32+,36-,37+,38+,42+,43-/m0/s1. The quantitative estimate of drug-likeness (QED) is 0.0996. The predicted molar refractivity (Wildman–Crippen MR) is 193 cm³/mol. The van der Waals surface area contributed by atoms with Gasteiger partial charge in [0.1, 0.15) is 17.4 Å². The van der Waals surface area contributed by atoms with Gasteiger partial charge in [0.25, 0.3) is 0 Å². The Morgan fingerprint density at radius 2 is 1.75 bits per heavy atom. The molecule has 0 saturated heterocycles. The van der Waals surface area contributed by atoms with Gasteiger partial charge in [-0.1, -0.05) is 83.7 Å². The molecule has 258 valence electrons. The summed E-state index contributed by atoms with van der Waals surface area (Å²) in [7, 11) is 0. The molecule has 1 aromatic heterocycles. The summed E-state index contributed by atoms with van der Waals surface area (Å²) in [5.41, 5.74) is 2.32. The average Bonchev–Trinajstić information content (AvgIpc) is 3.06. The highest BCUT2D eigenvalue weighted by Gasteiger charge is 2.56. The lowest BCUT2D eigenvalue weighted by atomic mass is 9.44. The maximum atomic E-state index is 13.0. The van der Waals surface area contributed by atoms with Crippen molar-refractivity contribution in [3.63, 3.8) is 0 Å². The number of hydrogen-bond donors (Lipinski definition) is 0. The van der Waals surface area contributed by atoms with Gasteiger partial charge in [0.2, 0.25) is 0 Å². The fraction of sp³-hybridized carbons (Fsp3) is 0.628. The second-order valence-electron chi connectivity index (χ2n) is 17.0. The van der Waals surface area contributed by atoms with E-state index in [4.69, 9.17) is 13.9 Å². The summed E-state index contributed by atoms with van der Waals surface area (Å²) in [6.45, 7) is 12.3. The van der Waals surface area contributed by atoms with E-state index in [2.05, 4.69) is 40.7 Å². The van der Waals surface area contributed by atoms with Crippen molar-refractivity contribution in [3.8, 4) is 5.75 Å². The number of benzene rings is 2. The van der Waals surface area contributed by atoms with Crippen LogP contribution in [-0.2, 0) is 9.53 Å². The molecule has 4 aliphatic rings. The molecule has 0 N–H and O–H groups in total. The Morgan fingerprint density at radius 3 is 2.56 bits per heavy atom. The van der Waals surface area contributed by atoms with Crippen LogP contribution in [0, 0.1) is 46.3 Å². The van der Waals surface area contributed by atoms with Gasteiger partial charge in [0, 0.05) is 17.9 Å². The van der Waals surface area contributed by atoms with E-state index >= 15 is 0 Å². The van der Waals surface area contributed by atoms with Crippen LogP contribution in [0.5, 0.6) is 5.75 Å². The van der Waals surface area contributed by atoms with Crippen molar-refractivity contribution in [2.24, 2.45) is 46.3 Å². The second-order valence-corrected chi connectivity index (χ2v) is 17.0. The minimum absolute atomic E-state index is 0.0977. The molecule has 8 atom stereocenters.